The Morgan fingerprint density at radius 1 is 1.48 bits per heavy atom. The Morgan fingerprint density at radius 3 is 2.62 bits per heavy atom. The average molecular weight is 294 g/mol. The SMILES string of the molecule is CC(C)(C)OC(=O)N1CCNC(=O)C1.Nc1cccnc1. The van der Waals surface area contributed by atoms with Crippen molar-refractivity contribution in [2.24, 2.45) is 0 Å². The maximum absolute atomic E-state index is 11.5. The minimum absolute atomic E-state index is 0.0922. The number of pyridine rings is 1. The second-order valence-corrected chi connectivity index (χ2v) is 5.54. The maximum Gasteiger partial charge on any atom is 0.410 e. The summed E-state index contributed by atoms with van der Waals surface area (Å²) in [7, 11) is 0. The summed E-state index contributed by atoms with van der Waals surface area (Å²) in [5.41, 5.74) is 5.50. The molecule has 1 aliphatic rings. The Hall–Kier alpha value is -2.31. The molecule has 0 radical (unpaired) electrons. The average Bonchev–Trinajstić information content (AvgIpc) is 2.38. The zero-order valence-corrected chi connectivity index (χ0v) is 12.6. The lowest BCUT2D eigenvalue weighted by atomic mass is 10.2. The van der Waals surface area contributed by atoms with Gasteiger partial charge in [0, 0.05) is 25.5 Å². The highest BCUT2D eigenvalue weighted by Crippen LogP contribution is 2.10. The first-order valence-electron chi connectivity index (χ1n) is 6.68. The molecule has 7 heteroatoms. The van der Waals surface area contributed by atoms with Gasteiger partial charge in [-0.05, 0) is 32.9 Å². The van der Waals surface area contributed by atoms with Crippen LogP contribution >= 0.6 is 0 Å². The van der Waals surface area contributed by atoms with E-state index in [4.69, 9.17) is 10.5 Å². The molecule has 0 bridgehead atoms. The third-order valence-electron chi connectivity index (χ3n) is 2.37. The van der Waals surface area contributed by atoms with E-state index in [1.165, 1.54) is 4.90 Å². The number of ether oxygens (including phenoxy) is 1. The molecule has 116 valence electrons. The van der Waals surface area contributed by atoms with Crippen molar-refractivity contribution < 1.29 is 14.3 Å². The number of amides is 2. The maximum atomic E-state index is 11.5. The smallest absolute Gasteiger partial charge is 0.410 e. The van der Waals surface area contributed by atoms with Crippen molar-refractivity contribution in [1.82, 2.24) is 15.2 Å². The van der Waals surface area contributed by atoms with Gasteiger partial charge in [-0.1, -0.05) is 0 Å². The molecule has 2 amide bonds. The number of carbonyl (C=O) groups is 2. The Bertz CT molecular complexity index is 471. The predicted molar refractivity (Wildman–Crippen MR) is 79.5 cm³/mol. The van der Waals surface area contributed by atoms with Crippen molar-refractivity contribution in [3.63, 3.8) is 0 Å². The highest BCUT2D eigenvalue weighted by Gasteiger charge is 2.25. The van der Waals surface area contributed by atoms with E-state index in [2.05, 4.69) is 10.3 Å². The van der Waals surface area contributed by atoms with Gasteiger partial charge < -0.3 is 15.8 Å². The molecule has 2 rings (SSSR count). The van der Waals surface area contributed by atoms with Gasteiger partial charge in [0.15, 0.2) is 0 Å². The highest BCUT2D eigenvalue weighted by molar-refractivity contribution is 5.83. The first-order valence-corrected chi connectivity index (χ1v) is 6.68. The summed E-state index contributed by atoms with van der Waals surface area (Å²) in [4.78, 5) is 27.6. The Labute approximate surface area is 124 Å². The predicted octanol–water partition coefficient (Wildman–Crippen LogP) is 1.02. The van der Waals surface area contributed by atoms with Gasteiger partial charge in [0.2, 0.25) is 5.91 Å². The lowest BCUT2D eigenvalue weighted by Gasteiger charge is -2.29. The van der Waals surface area contributed by atoms with Gasteiger partial charge in [0.25, 0.3) is 0 Å². The van der Waals surface area contributed by atoms with Gasteiger partial charge in [-0.3, -0.25) is 14.7 Å². The summed E-state index contributed by atoms with van der Waals surface area (Å²) in [6, 6.07) is 3.60. The van der Waals surface area contributed by atoms with Gasteiger partial charge in [-0.15, -0.1) is 0 Å². The number of piperazine rings is 1. The number of nitrogens with zero attached hydrogens (tertiary/aromatic N) is 2. The summed E-state index contributed by atoms with van der Waals surface area (Å²) in [6.45, 7) is 6.51. The van der Waals surface area contributed by atoms with Crippen molar-refractivity contribution in [1.29, 1.82) is 0 Å². The van der Waals surface area contributed by atoms with Gasteiger partial charge in [0.05, 0.1) is 5.69 Å². The minimum Gasteiger partial charge on any atom is -0.444 e. The molecule has 1 fully saturated rings. The van der Waals surface area contributed by atoms with Crippen LogP contribution in [0, 0.1) is 0 Å². The van der Waals surface area contributed by atoms with E-state index in [1.807, 2.05) is 0 Å². The van der Waals surface area contributed by atoms with E-state index in [-0.39, 0.29) is 12.5 Å². The Morgan fingerprint density at radius 2 is 2.19 bits per heavy atom. The normalized spacial score (nSPS) is 14.6. The van der Waals surface area contributed by atoms with Crippen LogP contribution in [0.1, 0.15) is 20.8 Å². The zero-order valence-electron chi connectivity index (χ0n) is 12.6. The molecule has 0 unspecified atom stereocenters. The standard InChI is InChI=1S/C9H16N2O3.C5H6N2/c1-9(2,3)14-8(13)11-5-4-10-7(12)6-11;6-5-2-1-3-7-4-5/h4-6H2,1-3H3,(H,10,12);1-4H,6H2. The molecule has 1 aromatic heterocycles. The van der Waals surface area contributed by atoms with Crippen LogP contribution < -0.4 is 11.1 Å². The van der Waals surface area contributed by atoms with Gasteiger partial charge in [-0.25, -0.2) is 4.79 Å². The summed E-state index contributed by atoms with van der Waals surface area (Å²) in [6.07, 6.45) is 2.88. The number of nitrogen functional groups attached to an aromatic ring is 1. The molecule has 7 nitrogen and oxygen atoms in total. The van der Waals surface area contributed by atoms with Crippen molar-refractivity contribution in [2.45, 2.75) is 26.4 Å². The molecule has 0 saturated carbocycles. The molecule has 1 aliphatic heterocycles. The first kappa shape index (κ1) is 16.7. The molecule has 0 aliphatic carbocycles. The number of anilines is 1. The van der Waals surface area contributed by atoms with E-state index >= 15 is 0 Å². The van der Waals surface area contributed by atoms with Crippen LogP contribution in [0.25, 0.3) is 0 Å². The number of carbonyl (C=O) groups excluding carboxylic acids is 2. The molecule has 2 heterocycles. The fourth-order valence-corrected chi connectivity index (χ4v) is 1.50. The molecule has 0 aromatic carbocycles. The lowest BCUT2D eigenvalue weighted by molar-refractivity contribution is -0.124. The first-order chi connectivity index (χ1) is 9.78. The molecule has 1 saturated heterocycles. The van der Waals surface area contributed by atoms with Crippen molar-refractivity contribution >= 4 is 17.7 Å². The Kier molecular flexibility index (Phi) is 5.95. The number of nitrogens with one attached hydrogen (secondary N) is 1. The summed E-state index contributed by atoms with van der Waals surface area (Å²) in [5.74, 6) is -0.137. The van der Waals surface area contributed by atoms with Crippen LogP contribution in [0.2, 0.25) is 0 Å². The number of rotatable bonds is 0. The molecule has 0 atom stereocenters. The van der Waals surface area contributed by atoms with Crippen LogP contribution in [0.15, 0.2) is 24.5 Å². The molecular formula is C14H22N4O3. The molecule has 3 N–H and O–H groups in total. The topological polar surface area (TPSA) is 97.5 Å². The monoisotopic (exact) mass is 294 g/mol. The largest absolute Gasteiger partial charge is 0.444 e. The number of aromatic nitrogens is 1. The second kappa shape index (κ2) is 7.47. The van der Waals surface area contributed by atoms with Gasteiger partial charge in [0.1, 0.15) is 12.1 Å². The number of hydrogen-bond donors (Lipinski definition) is 2. The van der Waals surface area contributed by atoms with Crippen LogP contribution in [-0.2, 0) is 9.53 Å². The van der Waals surface area contributed by atoms with E-state index in [9.17, 15) is 9.59 Å². The van der Waals surface area contributed by atoms with Crippen LogP contribution in [0.4, 0.5) is 10.5 Å². The van der Waals surface area contributed by atoms with Crippen molar-refractivity contribution in [3.05, 3.63) is 24.5 Å². The minimum atomic E-state index is -0.509. The molecular weight excluding hydrogens is 272 g/mol. The molecule has 1 aromatic rings. The highest BCUT2D eigenvalue weighted by atomic mass is 16.6. The van der Waals surface area contributed by atoms with E-state index in [0.29, 0.717) is 18.8 Å². The Balaban J connectivity index is 0.000000262. The van der Waals surface area contributed by atoms with Crippen molar-refractivity contribution in [2.75, 3.05) is 25.4 Å². The van der Waals surface area contributed by atoms with E-state index < -0.39 is 11.7 Å². The summed E-state index contributed by atoms with van der Waals surface area (Å²) < 4.78 is 5.13. The van der Waals surface area contributed by atoms with Crippen LogP contribution in [-0.4, -0.2) is 47.1 Å². The van der Waals surface area contributed by atoms with Gasteiger partial charge in [-0.2, -0.15) is 0 Å². The zero-order chi connectivity index (χ0) is 15.9. The number of nitrogens with two attached hydrogens (primary N) is 1. The third kappa shape index (κ3) is 7.14. The lowest BCUT2D eigenvalue weighted by Crippen LogP contribution is -2.51. The van der Waals surface area contributed by atoms with Crippen LogP contribution in [0.5, 0.6) is 0 Å². The van der Waals surface area contributed by atoms with E-state index in [0.717, 1.165) is 0 Å². The summed E-state index contributed by atoms with van der Waals surface area (Å²) in [5, 5.41) is 2.64. The fraction of sp³-hybridized carbons (Fsp3) is 0.500. The van der Waals surface area contributed by atoms with E-state index in [1.54, 1.807) is 45.3 Å². The van der Waals surface area contributed by atoms with Gasteiger partial charge >= 0.3 is 6.09 Å². The molecule has 21 heavy (non-hydrogen) atoms. The second-order valence-electron chi connectivity index (χ2n) is 5.54. The van der Waals surface area contributed by atoms with Crippen molar-refractivity contribution in [3.8, 4) is 0 Å². The summed E-state index contributed by atoms with van der Waals surface area (Å²) >= 11 is 0. The molecule has 0 spiro atoms. The quantitative estimate of drug-likeness (QED) is 0.744. The van der Waals surface area contributed by atoms with Crippen LogP contribution in [0.3, 0.4) is 0 Å². The fourth-order valence-electron chi connectivity index (χ4n) is 1.50. The third-order valence-corrected chi connectivity index (χ3v) is 2.37. The number of hydrogen-bond acceptors (Lipinski definition) is 5.